The van der Waals surface area contributed by atoms with Crippen molar-refractivity contribution in [3.8, 4) is 0 Å². The molecular formula is C10H16O. The molecule has 0 radical (unpaired) electrons. The predicted octanol–water partition coefficient (Wildman–Crippen LogP) is 2.14. The average molecular weight is 152 g/mol. The Kier molecular flexibility index (Phi) is 2.89. The van der Waals surface area contributed by atoms with Gasteiger partial charge in [0.25, 0.3) is 0 Å². The van der Waals surface area contributed by atoms with E-state index in [1.807, 2.05) is 0 Å². The van der Waals surface area contributed by atoms with Gasteiger partial charge in [0.1, 0.15) is 0 Å². The van der Waals surface area contributed by atoms with E-state index in [1.165, 1.54) is 5.57 Å². The second kappa shape index (κ2) is 3.72. The van der Waals surface area contributed by atoms with Gasteiger partial charge in [-0.2, -0.15) is 0 Å². The summed E-state index contributed by atoms with van der Waals surface area (Å²) >= 11 is 0. The van der Waals surface area contributed by atoms with E-state index in [1.54, 1.807) is 0 Å². The monoisotopic (exact) mass is 152 g/mol. The number of hydrogen-bond donors (Lipinski definition) is 1. The van der Waals surface area contributed by atoms with E-state index in [0.717, 1.165) is 6.42 Å². The summed E-state index contributed by atoms with van der Waals surface area (Å²) in [6, 6.07) is 0. The molecule has 1 rings (SSSR count). The highest BCUT2D eigenvalue weighted by molar-refractivity contribution is 5.21. The standard InChI is InChI=1S/C10H16O/c1-8-3-5-10(6-4-8)9(2)7-11/h3-5,9-11H,6-7H2,1-2H3/t9-,10+/m1/s1. The molecule has 0 amide bonds. The van der Waals surface area contributed by atoms with Crippen molar-refractivity contribution in [1.29, 1.82) is 0 Å². The average Bonchev–Trinajstić information content (AvgIpc) is 2.05. The number of rotatable bonds is 2. The molecule has 1 nitrogen and oxygen atoms in total. The fourth-order valence-corrected chi connectivity index (χ4v) is 1.30. The molecule has 2 atom stereocenters. The molecular weight excluding hydrogens is 136 g/mol. The van der Waals surface area contributed by atoms with Gasteiger partial charge in [-0.05, 0) is 25.2 Å². The number of aliphatic hydroxyl groups excluding tert-OH is 1. The molecule has 0 heterocycles. The molecule has 0 aliphatic heterocycles. The molecule has 0 aromatic heterocycles. The van der Waals surface area contributed by atoms with Gasteiger partial charge in [0, 0.05) is 6.61 Å². The van der Waals surface area contributed by atoms with Crippen LogP contribution in [0.3, 0.4) is 0 Å². The van der Waals surface area contributed by atoms with Crippen LogP contribution in [-0.4, -0.2) is 11.7 Å². The van der Waals surface area contributed by atoms with Crippen molar-refractivity contribution >= 4 is 0 Å². The molecule has 1 N–H and O–H groups in total. The molecule has 0 saturated carbocycles. The molecule has 0 unspecified atom stereocenters. The minimum Gasteiger partial charge on any atom is -0.396 e. The molecule has 1 aliphatic carbocycles. The SMILES string of the molecule is CC1=CC[C@@H]([C@H](C)CO)C=C1. The maximum Gasteiger partial charge on any atom is 0.0462 e. The first kappa shape index (κ1) is 8.54. The lowest BCUT2D eigenvalue weighted by Gasteiger charge is -2.19. The van der Waals surface area contributed by atoms with E-state index in [4.69, 9.17) is 5.11 Å². The molecule has 62 valence electrons. The molecule has 0 fully saturated rings. The van der Waals surface area contributed by atoms with Crippen molar-refractivity contribution in [2.24, 2.45) is 11.8 Å². The van der Waals surface area contributed by atoms with Crippen LogP contribution in [0.4, 0.5) is 0 Å². The number of allylic oxidation sites excluding steroid dienone is 4. The van der Waals surface area contributed by atoms with Crippen LogP contribution in [-0.2, 0) is 0 Å². The Morgan fingerprint density at radius 1 is 1.73 bits per heavy atom. The van der Waals surface area contributed by atoms with Crippen LogP contribution in [0.2, 0.25) is 0 Å². The topological polar surface area (TPSA) is 20.2 Å². The van der Waals surface area contributed by atoms with Crippen LogP contribution in [0.15, 0.2) is 23.8 Å². The smallest absolute Gasteiger partial charge is 0.0462 e. The molecule has 0 saturated heterocycles. The highest BCUT2D eigenvalue weighted by Crippen LogP contribution is 2.22. The van der Waals surface area contributed by atoms with Gasteiger partial charge in [-0.15, -0.1) is 0 Å². The van der Waals surface area contributed by atoms with Gasteiger partial charge >= 0.3 is 0 Å². The van der Waals surface area contributed by atoms with Crippen molar-refractivity contribution in [3.05, 3.63) is 23.8 Å². The molecule has 1 aliphatic rings. The van der Waals surface area contributed by atoms with Gasteiger partial charge in [-0.3, -0.25) is 0 Å². The Labute approximate surface area is 68.4 Å². The first-order chi connectivity index (χ1) is 5.24. The second-order valence-electron chi connectivity index (χ2n) is 3.37. The Bertz CT molecular complexity index is 179. The van der Waals surface area contributed by atoms with Crippen LogP contribution >= 0.6 is 0 Å². The van der Waals surface area contributed by atoms with E-state index >= 15 is 0 Å². The minimum atomic E-state index is 0.294. The maximum atomic E-state index is 8.90. The zero-order chi connectivity index (χ0) is 8.27. The summed E-state index contributed by atoms with van der Waals surface area (Å²) in [5.41, 5.74) is 1.34. The zero-order valence-electron chi connectivity index (χ0n) is 7.25. The van der Waals surface area contributed by atoms with Crippen LogP contribution in [0.25, 0.3) is 0 Å². The lowest BCUT2D eigenvalue weighted by molar-refractivity contribution is 0.206. The van der Waals surface area contributed by atoms with Crippen molar-refractivity contribution in [2.75, 3.05) is 6.61 Å². The molecule has 1 heteroatoms. The summed E-state index contributed by atoms with van der Waals surface area (Å²) in [6.07, 6.45) is 7.66. The Hall–Kier alpha value is -0.560. The number of aliphatic hydroxyl groups is 1. The van der Waals surface area contributed by atoms with Crippen LogP contribution in [0, 0.1) is 11.8 Å². The molecule has 0 aromatic rings. The third-order valence-corrected chi connectivity index (χ3v) is 2.34. The number of hydrogen-bond acceptors (Lipinski definition) is 1. The molecule has 11 heavy (non-hydrogen) atoms. The van der Waals surface area contributed by atoms with Gasteiger partial charge < -0.3 is 5.11 Å². The summed E-state index contributed by atoms with van der Waals surface area (Å²) in [7, 11) is 0. The first-order valence-corrected chi connectivity index (χ1v) is 4.20. The predicted molar refractivity (Wildman–Crippen MR) is 47.3 cm³/mol. The van der Waals surface area contributed by atoms with Crippen molar-refractivity contribution in [3.63, 3.8) is 0 Å². The van der Waals surface area contributed by atoms with E-state index in [9.17, 15) is 0 Å². The quantitative estimate of drug-likeness (QED) is 0.642. The van der Waals surface area contributed by atoms with Gasteiger partial charge in [-0.25, -0.2) is 0 Å². The van der Waals surface area contributed by atoms with E-state index in [0.29, 0.717) is 18.4 Å². The normalized spacial score (nSPS) is 26.5. The molecule has 0 spiro atoms. The summed E-state index contributed by atoms with van der Waals surface area (Å²) in [5, 5.41) is 8.90. The third-order valence-electron chi connectivity index (χ3n) is 2.34. The van der Waals surface area contributed by atoms with Crippen molar-refractivity contribution < 1.29 is 5.11 Å². The minimum absolute atomic E-state index is 0.294. The van der Waals surface area contributed by atoms with Crippen LogP contribution in [0.1, 0.15) is 20.3 Å². The van der Waals surface area contributed by atoms with E-state index in [-0.39, 0.29) is 0 Å². The zero-order valence-corrected chi connectivity index (χ0v) is 7.25. The molecule has 0 aromatic carbocycles. The van der Waals surface area contributed by atoms with Gasteiger partial charge in [0.15, 0.2) is 0 Å². The Balaban J connectivity index is 2.48. The van der Waals surface area contributed by atoms with Crippen LogP contribution in [0.5, 0.6) is 0 Å². The van der Waals surface area contributed by atoms with E-state index in [2.05, 4.69) is 32.1 Å². The van der Waals surface area contributed by atoms with Gasteiger partial charge in [0.2, 0.25) is 0 Å². The lowest BCUT2D eigenvalue weighted by atomic mass is 9.87. The largest absolute Gasteiger partial charge is 0.396 e. The summed E-state index contributed by atoms with van der Waals surface area (Å²) in [4.78, 5) is 0. The van der Waals surface area contributed by atoms with Gasteiger partial charge in [-0.1, -0.05) is 30.7 Å². The van der Waals surface area contributed by atoms with E-state index < -0.39 is 0 Å². The Morgan fingerprint density at radius 3 is 2.91 bits per heavy atom. The van der Waals surface area contributed by atoms with Crippen molar-refractivity contribution in [1.82, 2.24) is 0 Å². The fourth-order valence-electron chi connectivity index (χ4n) is 1.30. The van der Waals surface area contributed by atoms with Gasteiger partial charge in [0.05, 0.1) is 0 Å². The highest BCUT2D eigenvalue weighted by atomic mass is 16.3. The third kappa shape index (κ3) is 2.19. The second-order valence-corrected chi connectivity index (χ2v) is 3.37. The highest BCUT2D eigenvalue weighted by Gasteiger charge is 2.13. The molecule has 0 bridgehead atoms. The summed E-state index contributed by atoms with van der Waals surface area (Å²) < 4.78 is 0. The lowest BCUT2D eigenvalue weighted by Crippen LogP contribution is -2.14. The fraction of sp³-hybridized carbons (Fsp3) is 0.600. The summed E-state index contributed by atoms with van der Waals surface area (Å²) in [6.45, 7) is 4.49. The summed E-state index contributed by atoms with van der Waals surface area (Å²) in [5.74, 6) is 0.944. The van der Waals surface area contributed by atoms with Crippen molar-refractivity contribution in [2.45, 2.75) is 20.3 Å². The Morgan fingerprint density at radius 2 is 2.45 bits per heavy atom. The van der Waals surface area contributed by atoms with Crippen LogP contribution < -0.4 is 0 Å². The maximum absolute atomic E-state index is 8.90. The first-order valence-electron chi connectivity index (χ1n) is 4.20.